The molecule has 1 aliphatic heterocycles. The molecule has 0 radical (unpaired) electrons. The van der Waals surface area contributed by atoms with E-state index in [9.17, 15) is 0 Å². The predicted octanol–water partition coefficient (Wildman–Crippen LogP) is 0.122. The largest absolute Gasteiger partial charge is 0.336 e. The van der Waals surface area contributed by atoms with Crippen LogP contribution in [0.2, 0.25) is 0 Å². The molecular formula is C13H14N8O. The number of piperazine rings is 1. The quantitative estimate of drug-likeness (QED) is 0.728. The van der Waals surface area contributed by atoms with Crippen LogP contribution in [0.15, 0.2) is 35.6 Å². The van der Waals surface area contributed by atoms with Crippen LogP contribution < -0.4 is 10.2 Å². The van der Waals surface area contributed by atoms with Crippen molar-refractivity contribution in [1.29, 1.82) is 0 Å². The Labute approximate surface area is 126 Å². The van der Waals surface area contributed by atoms with Gasteiger partial charge in [0.05, 0.1) is 12.4 Å². The Kier molecular flexibility index (Phi) is 3.24. The molecule has 4 rings (SSSR count). The molecule has 1 aliphatic rings. The van der Waals surface area contributed by atoms with Gasteiger partial charge >= 0.3 is 0 Å². The molecule has 22 heavy (non-hydrogen) atoms. The number of hydrogen-bond acceptors (Lipinski definition) is 8. The number of anilines is 1. The zero-order chi connectivity index (χ0) is 14.8. The van der Waals surface area contributed by atoms with E-state index in [1.54, 1.807) is 35.7 Å². The minimum absolute atomic E-state index is 0.364. The lowest BCUT2D eigenvalue weighted by Crippen LogP contribution is -2.44. The number of nitrogens with one attached hydrogen (secondary N) is 1. The van der Waals surface area contributed by atoms with E-state index in [1.165, 1.54) is 0 Å². The molecule has 4 heterocycles. The molecule has 9 heteroatoms. The highest BCUT2D eigenvalue weighted by Crippen LogP contribution is 2.19. The monoisotopic (exact) mass is 298 g/mol. The van der Waals surface area contributed by atoms with Crippen molar-refractivity contribution in [3.8, 4) is 17.4 Å². The van der Waals surface area contributed by atoms with Crippen molar-refractivity contribution in [3.05, 3.63) is 31.1 Å². The third-order valence-corrected chi connectivity index (χ3v) is 3.43. The summed E-state index contributed by atoms with van der Waals surface area (Å²) >= 11 is 0. The van der Waals surface area contributed by atoms with Crippen molar-refractivity contribution in [1.82, 2.24) is 35.0 Å². The molecule has 1 saturated heterocycles. The average Bonchev–Trinajstić information content (AvgIpc) is 3.28. The molecule has 1 N–H and O–H groups in total. The first-order valence-corrected chi connectivity index (χ1v) is 7.00. The van der Waals surface area contributed by atoms with Gasteiger partial charge in [-0.25, -0.2) is 9.97 Å². The van der Waals surface area contributed by atoms with Gasteiger partial charge in [-0.1, -0.05) is 0 Å². The summed E-state index contributed by atoms with van der Waals surface area (Å²) in [5.74, 6) is 1.60. The van der Waals surface area contributed by atoms with Crippen molar-refractivity contribution in [2.24, 2.45) is 0 Å². The Bertz CT molecular complexity index is 747. The maximum absolute atomic E-state index is 5.33. The van der Waals surface area contributed by atoms with E-state index < -0.39 is 0 Å². The summed E-state index contributed by atoms with van der Waals surface area (Å²) in [6, 6.07) is 0. The van der Waals surface area contributed by atoms with Gasteiger partial charge in [0.1, 0.15) is 12.0 Å². The molecule has 0 atom stereocenters. The Morgan fingerprint density at radius 2 is 2.00 bits per heavy atom. The van der Waals surface area contributed by atoms with Crippen molar-refractivity contribution in [2.45, 2.75) is 0 Å². The topological polar surface area (TPSA) is 97.8 Å². The van der Waals surface area contributed by atoms with Crippen molar-refractivity contribution >= 4 is 5.95 Å². The van der Waals surface area contributed by atoms with E-state index in [0.717, 1.165) is 26.2 Å². The molecule has 1 fully saturated rings. The van der Waals surface area contributed by atoms with Gasteiger partial charge in [0, 0.05) is 38.6 Å². The molecule has 112 valence electrons. The fraction of sp³-hybridized carbons (Fsp3) is 0.308. The Balaban J connectivity index is 1.62. The second-order valence-electron chi connectivity index (χ2n) is 4.87. The van der Waals surface area contributed by atoms with Gasteiger partial charge in [0.25, 0.3) is 11.8 Å². The summed E-state index contributed by atoms with van der Waals surface area (Å²) in [6.07, 6.45) is 8.40. The van der Waals surface area contributed by atoms with Crippen LogP contribution in [0.4, 0.5) is 5.95 Å². The second kappa shape index (κ2) is 5.53. The molecule has 0 saturated carbocycles. The van der Waals surface area contributed by atoms with Gasteiger partial charge in [0.15, 0.2) is 5.82 Å². The Morgan fingerprint density at radius 1 is 1.09 bits per heavy atom. The minimum Gasteiger partial charge on any atom is -0.336 e. The first kappa shape index (κ1) is 12.9. The number of imidazole rings is 1. The summed E-state index contributed by atoms with van der Waals surface area (Å²) in [4.78, 5) is 19.2. The molecule has 0 unspecified atom stereocenters. The maximum Gasteiger partial charge on any atom is 0.279 e. The number of aromatic nitrogens is 6. The van der Waals surface area contributed by atoms with Crippen molar-refractivity contribution in [3.63, 3.8) is 0 Å². The van der Waals surface area contributed by atoms with Gasteiger partial charge in [-0.15, -0.1) is 0 Å². The van der Waals surface area contributed by atoms with Gasteiger partial charge in [0.2, 0.25) is 0 Å². The van der Waals surface area contributed by atoms with Crippen LogP contribution in [0.1, 0.15) is 0 Å². The summed E-state index contributed by atoms with van der Waals surface area (Å²) in [5.41, 5.74) is 0.542. The van der Waals surface area contributed by atoms with Gasteiger partial charge in [-0.05, 0) is 5.16 Å². The molecular weight excluding hydrogens is 284 g/mol. The average molecular weight is 298 g/mol. The number of nitrogens with zero attached hydrogens (tertiary/aromatic N) is 7. The van der Waals surface area contributed by atoms with Gasteiger partial charge in [-0.2, -0.15) is 4.98 Å². The first-order chi connectivity index (χ1) is 10.9. The molecule has 3 aromatic heterocycles. The lowest BCUT2D eigenvalue weighted by molar-refractivity contribution is 0.425. The molecule has 0 bridgehead atoms. The van der Waals surface area contributed by atoms with E-state index in [-0.39, 0.29) is 0 Å². The summed E-state index contributed by atoms with van der Waals surface area (Å²) in [6.45, 7) is 3.55. The predicted molar refractivity (Wildman–Crippen MR) is 77.5 cm³/mol. The van der Waals surface area contributed by atoms with E-state index in [4.69, 9.17) is 4.52 Å². The van der Waals surface area contributed by atoms with Crippen LogP contribution in [0.5, 0.6) is 0 Å². The molecule has 0 spiro atoms. The zero-order valence-corrected chi connectivity index (χ0v) is 11.8. The first-order valence-electron chi connectivity index (χ1n) is 7.00. The van der Waals surface area contributed by atoms with Crippen LogP contribution in [0.25, 0.3) is 17.4 Å². The minimum atomic E-state index is 0.364. The molecule has 0 amide bonds. The lowest BCUT2D eigenvalue weighted by Gasteiger charge is -2.25. The van der Waals surface area contributed by atoms with Crippen LogP contribution in [-0.2, 0) is 0 Å². The van der Waals surface area contributed by atoms with E-state index >= 15 is 0 Å². The Morgan fingerprint density at radius 3 is 2.82 bits per heavy atom. The number of rotatable bonds is 3. The van der Waals surface area contributed by atoms with Crippen LogP contribution in [0.3, 0.4) is 0 Å². The van der Waals surface area contributed by atoms with Gasteiger partial charge < -0.3 is 14.7 Å². The normalized spacial score (nSPS) is 15.2. The van der Waals surface area contributed by atoms with Crippen LogP contribution in [-0.4, -0.2) is 55.8 Å². The smallest absolute Gasteiger partial charge is 0.279 e. The lowest BCUT2D eigenvalue weighted by atomic mass is 10.4. The molecule has 0 aromatic carbocycles. The van der Waals surface area contributed by atoms with Crippen LogP contribution in [0, 0.1) is 0 Å². The Hall–Kier alpha value is -2.81. The summed E-state index contributed by atoms with van der Waals surface area (Å²) in [7, 11) is 0. The van der Waals surface area contributed by atoms with Gasteiger partial charge in [-0.3, -0.25) is 9.55 Å². The van der Waals surface area contributed by atoms with E-state index in [1.807, 2.05) is 0 Å². The van der Waals surface area contributed by atoms with Crippen molar-refractivity contribution < 1.29 is 4.52 Å². The fourth-order valence-corrected chi connectivity index (χ4v) is 2.29. The third kappa shape index (κ3) is 2.42. The highest BCUT2D eigenvalue weighted by molar-refractivity contribution is 5.49. The standard InChI is InChI=1S/C13H14N8O/c1-4-20(5-2-14-1)13-18-12(22-19-13)10-7-16-8-11(17-10)21-6-3-15-9-21/h3,6-9,14H,1-2,4-5H2. The zero-order valence-electron chi connectivity index (χ0n) is 11.8. The highest BCUT2D eigenvalue weighted by atomic mass is 16.5. The molecule has 9 nitrogen and oxygen atoms in total. The molecule has 3 aromatic rings. The SMILES string of the molecule is c1cn(-c2cncc(-c3nc(N4CCNCC4)no3)n2)cn1. The summed E-state index contributed by atoms with van der Waals surface area (Å²) < 4.78 is 7.09. The number of hydrogen-bond donors (Lipinski definition) is 1. The van der Waals surface area contributed by atoms with Crippen molar-refractivity contribution in [2.75, 3.05) is 31.1 Å². The third-order valence-electron chi connectivity index (χ3n) is 3.43. The maximum atomic E-state index is 5.33. The fourth-order valence-electron chi connectivity index (χ4n) is 2.29. The van der Waals surface area contributed by atoms with E-state index in [0.29, 0.717) is 23.4 Å². The van der Waals surface area contributed by atoms with E-state index in [2.05, 4.69) is 35.3 Å². The summed E-state index contributed by atoms with van der Waals surface area (Å²) in [5, 5.41) is 7.32. The van der Waals surface area contributed by atoms with Crippen LogP contribution >= 0.6 is 0 Å². The second-order valence-corrected chi connectivity index (χ2v) is 4.87. The molecule has 0 aliphatic carbocycles. The highest BCUT2D eigenvalue weighted by Gasteiger charge is 2.18.